The van der Waals surface area contributed by atoms with Crippen molar-refractivity contribution in [1.82, 2.24) is 0 Å². The molecule has 0 aliphatic carbocycles. The van der Waals surface area contributed by atoms with Gasteiger partial charge < -0.3 is 4.74 Å². The molecule has 1 aliphatic rings. The van der Waals surface area contributed by atoms with Crippen molar-refractivity contribution < 1.29 is 4.74 Å². The largest absolute Gasteiger partial charge is 0.378 e. The molecule has 0 aromatic heterocycles. The molecule has 2 atom stereocenters. The highest BCUT2D eigenvalue weighted by molar-refractivity contribution is 4.71. The smallest absolute Gasteiger partial charge is 0.0575 e. The number of rotatable bonds is 2. The zero-order valence-corrected chi connectivity index (χ0v) is 6.39. The molecule has 0 spiro atoms. The first kappa shape index (κ1) is 7.07. The van der Waals surface area contributed by atoms with Crippen LogP contribution in [0.1, 0.15) is 33.1 Å². The van der Waals surface area contributed by atoms with Gasteiger partial charge >= 0.3 is 0 Å². The molecule has 54 valence electrons. The van der Waals surface area contributed by atoms with Crippen molar-refractivity contribution in [3.05, 3.63) is 0 Å². The van der Waals surface area contributed by atoms with E-state index in [-0.39, 0.29) is 0 Å². The number of ether oxygens (including phenoxy) is 1. The fourth-order valence-corrected chi connectivity index (χ4v) is 1.53. The van der Waals surface area contributed by atoms with Crippen LogP contribution in [0.15, 0.2) is 0 Å². The number of hydrogen-bond acceptors (Lipinski definition) is 1. The minimum Gasteiger partial charge on any atom is -0.378 e. The van der Waals surface area contributed by atoms with Crippen molar-refractivity contribution in [3.63, 3.8) is 0 Å². The molecule has 0 saturated carbocycles. The van der Waals surface area contributed by atoms with Crippen molar-refractivity contribution in [2.75, 3.05) is 6.61 Å². The van der Waals surface area contributed by atoms with Gasteiger partial charge in [0, 0.05) is 6.61 Å². The van der Waals surface area contributed by atoms with Gasteiger partial charge in [-0.2, -0.15) is 0 Å². The highest BCUT2D eigenvalue weighted by Gasteiger charge is 2.22. The maximum absolute atomic E-state index is 5.42. The molecular weight excluding hydrogens is 112 g/mol. The lowest BCUT2D eigenvalue weighted by Gasteiger charge is -2.11. The normalized spacial score (nSPS) is 35.3. The van der Waals surface area contributed by atoms with Crippen LogP contribution in [0.4, 0.5) is 0 Å². The zero-order valence-electron chi connectivity index (χ0n) is 6.39. The quantitative estimate of drug-likeness (QED) is 0.554. The monoisotopic (exact) mass is 128 g/mol. The van der Waals surface area contributed by atoms with Gasteiger partial charge in [-0.15, -0.1) is 0 Å². The molecule has 0 aromatic rings. The van der Waals surface area contributed by atoms with Gasteiger partial charge in [0.05, 0.1) is 6.10 Å². The summed E-state index contributed by atoms with van der Waals surface area (Å²) in [6.45, 7) is 5.42. The first-order valence-corrected chi connectivity index (χ1v) is 3.96. The van der Waals surface area contributed by atoms with Gasteiger partial charge in [-0.05, 0) is 25.7 Å². The Morgan fingerprint density at radius 3 is 2.78 bits per heavy atom. The van der Waals surface area contributed by atoms with Gasteiger partial charge in [-0.3, -0.25) is 0 Å². The van der Waals surface area contributed by atoms with E-state index in [1.807, 2.05) is 0 Å². The standard InChI is InChI=1S/C8H16O/c1-3-4-8-5-6-9-7(8)2/h7-8H,3-6H2,1-2H3/t7-,8-/m0/s1. The van der Waals surface area contributed by atoms with Gasteiger partial charge in [-0.1, -0.05) is 13.3 Å². The van der Waals surface area contributed by atoms with Crippen LogP contribution >= 0.6 is 0 Å². The Hall–Kier alpha value is -0.0400. The van der Waals surface area contributed by atoms with Crippen LogP contribution in [-0.4, -0.2) is 12.7 Å². The van der Waals surface area contributed by atoms with Crippen LogP contribution in [0.5, 0.6) is 0 Å². The average molecular weight is 128 g/mol. The van der Waals surface area contributed by atoms with E-state index >= 15 is 0 Å². The molecule has 1 fully saturated rings. The van der Waals surface area contributed by atoms with Crippen LogP contribution < -0.4 is 0 Å². The molecule has 0 bridgehead atoms. The predicted molar refractivity (Wildman–Crippen MR) is 38.4 cm³/mol. The lowest BCUT2D eigenvalue weighted by molar-refractivity contribution is 0.104. The highest BCUT2D eigenvalue weighted by Crippen LogP contribution is 2.24. The third-order valence-electron chi connectivity index (χ3n) is 2.19. The van der Waals surface area contributed by atoms with Crippen LogP contribution in [0.25, 0.3) is 0 Å². The second kappa shape index (κ2) is 3.21. The fourth-order valence-electron chi connectivity index (χ4n) is 1.53. The molecular formula is C8H16O. The Bertz CT molecular complexity index is 80.6. The van der Waals surface area contributed by atoms with E-state index in [1.54, 1.807) is 0 Å². The Morgan fingerprint density at radius 1 is 1.56 bits per heavy atom. The summed E-state index contributed by atoms with van der Waals surface area (Å²) < 4.78 is 5.42. The molecule has 1 heteroatoms. The van der Waals surface area contributed by atoms with E-state index in [9.17, 15) is 0 Å². The van der Waals surface area contributed by atoms with Crippen LogP contribution in [0, 0.1) is 5.92 Å². The van der Waals surface area contributed by atoms with Crippen LogP contribution in [-0.2, 0) is 4.74 Å². The molecule has 0 amide bonds. The Kier molecular flexibility index (Phi) is 2.52. The van der Waals surface area contributed by atoms with Gasteiger partial charge in [0.1, 0.15) is 0 Å². The van der Waals surface area contributed by atoms with Gasteiger partial charge in [0.25, 0.3) is 0 Å². The summed E-state index contributed by atoms with van der Waals surface area (Å²) in [7, 11) is 0. The van der Waals surface area contributed by atoms with E-state index in [1.165, 1.54) is 19.3 Å². The summed E-state index contributed by atoms with van der Waals surface area (Å²) in [6, 6.07) is 0. The molecule has 1 saturated heterocycles. The molecule has 1 rings (SSSR count). The Morgan fingerprint density at radius 2 is 2.33 bits per heavy atom. The lowest BCUT2D eigenvalue weighted by Crippen LogP contribution is -2.10. The fraction of sp³-hybridized carbons (Fsp3) is 1.00. The minimum absolute atomic E-state index is 0.532. The van der Waals surface area contributed by atoms with Crippen molar-refractivity contribution in [2.24, 2.45) is 5.92 Å². The van der Waals surface area contributed by atoms with Crippen molar-refractivity contribution >= 4 is 0 Å². The molecule has 9 heavy (non-hydrogen) atoms. The highest BCUT2D eigenvalue weighted by atomic mass is 16.5. The van der Waals surface area contributed by atoms with E-state index in [0.717, 1.165) is 12.5 Å². The maximum atomic E-state index is 5.42. The summed E-state index contributed by atoms with van der Waals surface area (Å²) >= 11 is 0. The summed E-state index contributed by atoms with van der Waals surface area (Å²) in [6.07, 6.45) is 4.47. The SMILES string of the molecule is CCC[C@H]1CCO[C@H]1C. The van der Waals surface area contributed by atoms with Gasteiger partial charge in [0.2, 0.25) is 0 Å². The third kappa shape index (κ3) is 1.68. The van der Waals surface area contributed by atoms with Crippen LogP contribution in [0.2, 0.25) is 0 Å². The molecule has 1 nitrogen and oxygen atoms in total. The van der Waals surface area contributed by atoms with E-state index in [2.05, 4.69) is 13.8 Å². The summed E-state index contributed by atoms with van der Waals surface area (Å²) in [5.41, 5.74) is 0. The predicted octanol–water partition coefficient (Wildman–Crippen LogP) is 2.21. The van der Waals surface area contributed by atoms with E-state index in [4.69, 9.17) is 4.74 Å². The topological polar surface area (TPSA) is 9.23 Å². The molecule has 1 aliphatic heterocycles. The molecule has 0 unspecified atom stereocenters. The molecule has 0 radical (unpaired) electrons. The van der Waals surface area contributed by atoms with Crippen molar-refractivity contribution in [1.29, 1.82) is 0 Å². The number of hydrogen-bond donors (Lipinski definition) is 0. The molecule has 1 heterocycles. The zero-order chi connectivity index (χ0) is 6.69. The molecule has 0 aromatic carbocycles. The van der Waals surface area contributed by atoms with Crippen molar-refractivity contribution in [3.8, 4) is 0 Å². The summed E-state index contributed by atoms with van der Waals surface area (Å²) in [5.74, 6) is 0.856. The third-order valence-corrected chi connectivity index (χ3v) is 2.19. The van der Waals surface area contributed by atoms with Gasteiger partial charge in [0.15, 0.2) is 0 Å². The first-order valence-electron chi connectivity index (χ1n) is 3.96. The van der Waals surface area contributed by atoms with E-state index < -0.39 is 0 Å². The first-order chi connectivity index (χ1) is 4.34. The second-order valence-electron chi connectivity index (χ2n) is 2.91. The maximum Gasteiger partial charge on any atom is 0.0575 e. The summed E-state index contributed by atoms with van der Waals surface area (Å²) in [4.78, 5) is 0. The average Bonchev–Trinajstić information content (AvgIpc) is 2.18. The molecule has 0 N–H and O–H groups in total. The van der Waals surface area contributed by atoms with Gasteiger partial charge in [-0.25, -0.2) is 0 Å². The lowest BCUT2D eigenvalue weighted by atomic mass is 9.98. The summed E-state index contributed by atoms with van der Waals surface area (Å²) in [5, 5.41) is 0. The Balaban J connectivity index is 2.22. The van der Waals surface area contributed by atoms with Crippen LogP contribution in [0.3, 0.4) is 0 Å². The minimum atomic E-state index is 0.532. The Labute approximate surface area is 57.4 Å². The second-order valence-corrected chi connectivity index (χ2v) is 2.91. The van der Waals surface area contributed by atoms with E-state index in [0.29, 0.717) is 6.10 Å². The van der Waals surface area contributed by atoms with Crippen molar-refractivity contribution in [2.45, 2.75) is 39.2 Å².